The number of fused-ring (bicyclic) bond motifs is 1. The molecule has 0 spiro atoms. The maximum absolute atomic E-state index is 6.03. The molecule has 4 rings (SSSR count). The number of rotatable bonds is 2. The van der Waals surface area contributed by atoms with Gasteiger partial charge in [0.25, 0.3) is 0 Å². The van der Waals surface area contributed by atoms with Crippen LogP contribution in [0.5, 0.6) is 0 Å². The Labute approximate surface area is 149 Å². The second-order valence-electron chi connectivity index (χ2n) is 5.36. The van der Waals surface area contributed by atoms with E-state index >= 15 is 0 Å². The Morgan fingerprint density at radius 2 is 1.78 bits per heavy atom. The van der Waals surface area contributed by atoms with Crippen LogP contribution in [0.2, 0.25) is 5.02 Å². The van der Waals surface area contributed by atoms with Gasteiger partial charge in [-0.2, -0.15) is 0 Å². The van der Waals surface area contributed by atoms with Crippen LogP contribution >= 0.6 is 34.7 Å². The number of para-hydroxylation sites is 1. The van der Waals surface area contributed by atoms with E-state index in [2.05, 4.69) is 47.8 Å². The van der Waals surface area contributed by atoms with Gasteiger partial charge in [0.1, 0.15) is 0 Å². The summed E-state index contributed by atoms with van der Waals surface area (Å²) in [5, 5.41) is 3.30. The Bertz CT molecular complexity index is 838. The van der Waals surface area contributed by atoms with Crippen LogP contribution in [0.3, 0.4) is 0 Å². The van der Waals surface area contributed by atoms with Crippen LogP contribution in [-0.4, -0.2) is 5.71 Å². The van der Waals surface area contributed by atoms with Gasteiger partial charge >= 0.3 is 0 Å². The van der Waals surface area contributed by atoms with E-state index in [-0.39, 0.29) is 0 Å². The summed E-state index contributed by atoms with van der Waals surface area (Å²) in [5.74, 6) is 0. The molecule has 23 heavy (non-hydrogen) atoms. The molecule has 2 aromatic carbocycles. The Morgan fingerprint density at radius 3 is 2.57 bits per heavy atom. The largest absolute Gasteiger partial charge is 0.252 e. The fraction of sp³-hybridized carbons (Fsp3) is 0.105. The molecule has 1 nitrogen and oxygen atoms in total. The lowest BCUT2D eigenvalue weighted by Crippen LogP contribution is -2.04. The monoisotopic (exact) mass is 355 g/mol. The predicted molar refractivity (Wildman–Crippen MR) is 102 cm³/mol. The lowest BCUT2D eigenvalue weighted by Gasteiger charge is -2.14. The van der Waals surface area contributed by atoms with Crippen molar-refractivity contribution in [3.05, 3.63) is 81.5 Å². The molecule has 0 saturated heterocycles. The van der Waals surface area contributed by atoms with E-state index in [0.29, 0.717) is 5.25 Å². The van der Waals surface area contributed by atoms with Crippen molar-refractivity contribution in [1.82, 2.24) is 0 Å². The molecule has 0 radical (unpaired) electrons. The van der Waals surface area contributed by atoms with Crippen LogP contribution in [0.15, 0.2) is 75.9 Å². The van der Waals surface area contributed by atoms with E-state index in [1.807, 2.05) is 41.3 Å². The summed E-state index contributed by atoms with van der Waals surface area (Å²) in [6, 6.07) is 20.7. The first-order chi connectivity index (χ1) is 11.3. The first-order valence-electron chi connectivity index (χ1n) is 7.42. The molecule has 4 heteroatoms. The van der Waals surface area contributed by atoms with Crippen molar-refractivity contribution in [3.8, 4) is 0 Å². The minimum absolute atomic E-state index is 0.396. The first kappa shape index (κ1) is 15.0. The van der Waals surface area contributed by atoms with Crippen LogP contribution in [0.1, 0.15) is 22.1 Å². The quantitative estimate of drug-likeness (QED) is 0.494. The zero-order valence-electron chi connectivity index (χ0n) is 12.3. The minimum atomic E-state index is 0.396. The number of benzene rings is 2. The molecule has 114 valence electrons. The fourth-order valence-corrected chi connectivity index (χ4v) is 4.95. The highest BCUT2D eigenvalue weighted by molar-refractivity contribution is 7.99. The standard InChI is InChI=1S/C19H14ClNS2/c20-14-9-7-13(8-10-14)16-12-19(18-6-3-11-22-18)23-17-5-2-1-4-15(17)21-16/h1-11,19H,12H2/t19-/m1/s1. The highest BCUT2D eigenvalue weighted by Gasteiger charge is 2.22. The molecular weight excluding hydrogens is 342 g/mol. The van der Waals surface area contributed by atoms with Crippen molar-refractivity contribution >= 4 is 46.1 Å². The van der Waals surface area contributed by atoms with E-state index in [0.717, 1.165) is 28.4 Å². The van der Waals surface area contributed by atoms with Crippen molar-refractivity contribution in [2.45, 2.75) is 16.6 Å². The molecule has 0 bridgehead atoms. The van der Waals surface area contributed by atoms with E-state index < -0.39 is 0 Å². The number of nitrogens with zero attached hydrogens (tertiary/aromatic N) is 1. The van der Waals surface area contributed by atoms with E-state index in [4.69, 9.17) is 16.6 Å². The van der Waals surface area contributed by atoms with Gasteiger partial charge in [0.15, 0.2) is 0 Å². The lowest BCUT2D eigenvalue weighted by molar-refractivity contribution is 1.04. The summed E-state index contributed by atoms with van der Waals surface area (Å²) in [6.45, 7) is 0. The molecule has 2 heterocycles. The number of thiophene rings is 1. The zero-order chi connectivity index (χ0) is 15.6. The third-order valence-corrected chi connectivity index (χ3v) is 6.50. The number of hydrogen-bond donors (Lipinski definition) is 0. The maximum Gasteiger partial charge on any atom is 0.0769 e. The molecule has 1 atom stereocenters. The van der Waals surface area contributed by atoms with Gasteiger partial charge < -0.3 is 0 Å². The van der Waals surface area contributed by atoms with Gasteiger partial charge in [0.05, 0.1) is 5.69 Å². The molecule has 1 aliphatic rings. The van der Waals surface area contributed by atoms with Crippen molar-refractivity contribution in [3.63, 3.8) is 0 Å². The summed E-state index contributed by atoms with van der Waals surface area (Å²) in [5.41, 5.74) is 3.33. The first-order valence-corrected chi connectivity index (χ1v) is 9.56. The minimum Gasteiger partial charge on any atom is -0.252 e. The van der Waals surface area contributed by atoms with Crippen molar-refractivity contribution in [1.29, 1.82) is 0 Å². The smallest absolute Gasteiger partial charge is 0.0769 e. The van der Waals surface area contributed by atoms with Gasteiger partial charge in [-0.05, 0) is 41.3 Å². The van der Waals surface area contributed by atoms with Crippen molar-refractivity contribution < 1.29 is 0 Å². The normalized spacial score (nSPS) is 17.3. The Hall–Kier alpha value is -1.55. The number of thioether (sulfide) groups is 1. The second kappa shape index (κ2) is 6.52. The summed E-state index contributed by atoms with van der Waals surface area (Å²) < 4.78 is 0. The van der Waals surface area contributed by atoms with Crippen LogP contribution in [0, 0.1) is 0 Å². The molecule has 1 aromatic heterocycles. The Balaban J connectivity index is 1.80. The van der Waals surface area contributed by atoms with Crippen LogP contribution in [0.25, 0.3) is 0 Å². The van der Waals surface area contributed by atoms with Gasteiger partial charge in [-0.25, -0.2) is 0 Å². The van der Waals surface area contributed by atoms with Gasteiger partial charge in [-0.3, -0.25) is 4.99 Å². The second-order valence-corrected chi connectivity index (χ2v) is 8.02. The highest BCUT2D eigenvalue weighted by Crippen LogP contribution is 2.46. The molecule has 1 aliphatic heterocycles. The Morgan fingerprint density at radius 1 is 0.957 bits per heavy atom. The SMILES string of the molecule is Clc1ccc(C2=Nc3ccccc3S[C@@H](c3cccs3)C2)cc1. The fourth-order valence-electron chi connectivity index (χ4n) is 2.67. The summed E-state index contributed by atoms with van der Waals surface area (Å²) in [4.78, 5) is 7.60. The highest BCUT2D eigenvalue weighted by atomic mass is 35.5. The lowest BCUT2D eigenvalue weighted by atomic mass is 10.0. The number of halogens is 1. The summed E-state index contributed by atoms with van der Waals surface area (Å²) in [7, 11) is 0. The van der Waals surface area contributed by atoms with Crippen LogP contribution < -0.4 is 0 Å². The van der Waals surface area contributed by atoms with E-state index in [1.54, 1.807) is 0 Å². The van der Waals surface area contributed by atoms with Crippen LogP contribution in [-0.2, 0) is 0 Å². The van der Waals surface area contributed by atoms with Gasteiger partial charge in [-0.15, -0.1) is 23.1 Å². The Kier molecular flexibility index (Phi) is 4.25. The maximum atomic E-state index is 6.03. The van der Waals surface area contributed by atoms with Gasteiger partial charge in [0, 0.05) is 32.2 Å². The number of hydrogen-bond acceptors (Lipinski definition) is 3. The number of aliphatic imine (C=N–C) groups is 1. The average Bonchev–Trinajstić information content (AvgIpc) is 3.03. The van der Waals surface area contributed by atoms with E-state index in [1.165, 1.54) is 9.77 Å². The molecule has 0 amide bonds. The molecule has 3 aromatic rings. The molecule has 0 fully saturated rings. The molecule has 0 saturated carbocycles. The average molecular weight is 356 g/mol. The zero-order valence-corrected chi connectivity index (χ0v) is 14.7. The topological polar surface area (TPSA) is 12.4 Å². The van der Waals surface area contributed by atoms with Crippen molar-refractivity contribution in [2.24, 2.45) is 4.99 Å². The van der Waals surface area contributed by atoms with Gasteiger partial charge in [0.2, 0.25) is 0 Å². The molecular formula is C19H14ClNS2. The van der Waals surface area contributed by atoms with E-state index in [9.17, 15) is 0 Å². The molecule has 0 unspecified atom stereocenters. The van der Waals surface area contributed by atoms with Crippen molar-refractivity contribution in [2.75, 3.05) is 0 Å². The van der Waals surface area contributed by atoms with Crippen LogP contribution in [0.4, 0.5) is 5.69 Å². The third-order valence-electron chi connectivity index (χ3n) is 3.81. The molecule has 0 N–H and O–H groups in total. The predicted octanol–water partition coefficient (Wildman–Crippen LogP) is 6.76. The summed E-state index contributed by atoms with van der Waals surface area (Å²) >= 11 is 9.75. The third kappa shape index (κ3) is 3.23. The molecule has 0 aliphatic carbocycles. The summed E-state index contributed by atoms with van der Waals surface area (Å²) in [6.07, 6.45) is 0.918. The van der Waals surface area contributed by atoms with Gasteiger partial charge in [-0.1, -0.05) is 41.9 Å².